The van der Waals surface area contributed by atoms with Crippen LogP contribution in [0, 0.1) is 0 Å². The lowest BCUT2D eigenvalue weighted by Gasteiger charge is -2.11. The number of anilines is 3. The van der Waals surface area contributed by atoms with E-state index in [1.807, 2.05) is 12.1 Å². The highest BCUT2D eigenvalue weighted by Crippen LogP contribution is 2.27. The fourth-order valence-corrected chi connectivity index (χ4v) is 3.07. The van der Waals surface area contributed by atoms with Crippen molar-refractivity contribution in [3.05, 3.63) is 57.9 Å². The minimum Gasteiger partial charge on any atom is -0.493 e. The lowest BCUT2D eigenvalue weighted by Crippen LogP contribution is -2.20. The summed E-state index contributed by atoms with van der Waals surface area (Å²) in [5, 5.41) is 9.20. The predicted octanol–water partition coefficient (Wildman–Crippen LogP) is 3.96. The SMILES string of the molecule is COc1cc(C=NNc2nc(N)cs2)ccc1OCC(=O)Nc1ccc(Br)cc1. The van der Waals surface area contributed by atoms with Crippen LogP contribution in [0.25, 0.3) is 0 Å². The number of nitrogens with one attached hydrogen (secondary N) is 2. The number of hydrazone groups is 1. The normalized spacial score (nSPS) is 10.7. The largest absolute Gasteiger partial charge is 0.493 e. The summed E-state index contributed by atoms with van der Waals surface area (Å²) in [5.74, 6) is 1.12. The van der Waals surface area contributed by atoms with Crippen LogP contribution in [0.4, 0.5) is 16.6 Å². The minimum absolute atomic E-state index is 0.146. The molecule has 0 unspecified atom stereocenters. The number of aromatic nitrogens is 1. The summed E-state index contributed by atoms with van der Waals surface area (Å²) >= 11 is 4.71. The average Bonchev–Trinajstić information content (AvgIpc) is 3.13. The summed E-state index contributed by atoms with van der Waals surface area (Å²) < 4.78 is 11.9. The zero-order valence-corrected chi connectivity index (χ0v) is 17.8. The van der Waals surface area contributed by atoms with E-state index in [0.29, 0.717) is 28.1 Å². The fraction of sp³-hybridized carbons (Fsp3) is 0.105. The molecule has 0 saturated carbocycles. The van der Waals surface area contributed by atoms with Crippen molar-refractivity contribution in [1.29, 1.82) is 0 Å². The Balaban J connectivity index is 1.56. The Labute approximate surface area is 179 Å². The zero-order chi connectivity index (χ0) is 20.6. The number of nitrogens with zero attached hydrogens (tertiary/aromatic N) is 2. The number of methoxy groups -OCH3 is 1. The number of amides is 1. The van der Waals surface area contributed by atoms with Gasteiger partial charge in [-0.2, -0.15) is 5.10 Å². The molecule has 3 aromatic rings. The third-order valence-corrected chi connectivity index (χ3v) is 4.86. The van der Waals surface area contributed by atoms with Crippen LogP contribution in [0.3, 0.4) is 0 Å². The molecule has 0 spiro atoms. The van der Waals surface area contributed by atoms with Crippen LogP contribution in [0.5, 0.6) is 11.5 Å². The predicted molar refractivity (Wildman–Crippen MR) is 119 cm³/mol. The molecular formula is C19H18BrN5O3S. The molecule has 1 amide bonds. The second-order valence-electron chi connectivity index (χ2n) is 5.70. The molecule has 0 aliphatic carbocycles. The van der Waals surface area contributed by atoms with Gasteiger partial charge in [0.15, 0.2) is 18.1 Å². The fourth-order valence-electron chi connectivity index (χ4n) is 2.26. The van der Waals surface area contributed by atoms with Gasteiger partial charge >= 0.3 is 0 Å². The molecule has 0 aliphatic heterocycles. The molecule has 29 heavy (non-hydrogen) atoms. The summed E-state index contributed by atoms with van der Waals surface area (Å²) in [7, 11) is 1.53. The molecule has 0 bridgehead atoms. The number of rotatable bonds is 8. The summed E-state index contributed by atoms with van der Waals surface area (Å²) in [4.78, 5) is 16.1. The highest BCUT2D eigenvalue weighted by Gasteiger charge is 2.09. The molecule has 4 N–H and O–H groups in total. The van der Waals surface area contributed by atoms with Crippen molar-refractivity contribution in [3.8, 4) is 11.5 Å². The number of carbonyl (C=O) groups excluding carboxylic acids is 1. The maximum absolute atomic E-state index is 12.1. The molecule has 0 atom stereocenters. The molecule has 0 aliphatic rings. The number of benzene rings is 2. The Morgan fingerprint density at radius 3 is 2.76 bits per heavy atom. The molecule has 3 rings (SSSR count). The third-order valence-electron chi connectivity index (χ3n) is 3.57. The lowest BCUT2D eigenvalue weighted by atomic mass is 10.2. The number of carbonyl (C=O) groups is 1. The van der Waals surface area contributed by atoms with Gasteiger partial charge in [-0.05, 0) is 48.0 Å². The summed E-state index contributed by atoms with van der Waals surface area (Å²) in [5.41, 5.74) is 9.84. The number of thiazole rings is 1. The average molecular weight is 476 g/mol. The zero-order valence-electron chi connectivity index (χ0n) is 15.4. The van der Waals surface area contributed by atoms with Gasteiger partial charge in [0.05, 0.1) is 13.3 Å². The van der Waals surface area contributed by atoms with Crippen molar-refractivity contribution >= 4 is 56.0 Å². The first-order chi connectivity index (χ1) is 14.0. The van der Waals surface area contributed by atoms with Gasteiger partial charge in [0.25, 0.3) is 5.91 Å². The maximum atomic E-state index is 12.1. The molecule has 10 heteroatoms. The molecule has 0 fully saturated rings. The number of nitrogens with two attached hydrogens (primary N) is 1. The van der Waals surface area contributed by atoms with E-state index in [4.69, 9.17) is 15.2 Å². The summed E-state index contributed by atoms with van der Waals surface area (Å²) in [6, 6.07) is 12.6. The van der Waals surface area contributed by atoms with E-state index in [9.17, 15) is 4.79 Å². The van der Waals surface area contributed by atoms with Gasteiger partial charge in [0.1, 0.15) is 5.82 Å². The molecule has 0 radical (unpaired) electrons. The van der Waals surface area contributed by atoms with Gasteiger partial charge in [0, 0.05) is 15.5 Å². The highest BCUT2D eigenvalue weighted by atomic mass is 79.9. The first kappa shape index (κ1) is 20.6. The standard InChI is InChI=1S/C19H18BrN5O3S/c1-27-16-8-12(9-22-25-19-24-17(21)11-29-19)2-7-15(16)28-10-18(26)23-14-5-3-13(20)4-6-14/h2-9,11H,10,21H2,1H3,(H,23,26)(H,24,25). The van der Waals surface area contributed by atoms with Crippen LogP contribution in [-0.4, -0.2) is 30.8 Å². The van der Waals surface area contributed by atoms with Gasteiger partial charge in [-0.1, -0.05) is 15.9 Å². The van der Waals surface area contributed by atoms with Crippen LogP contribution in [0.2, 0.25) is 0 Å². The third kappa shape index (κ3) is 6.19. The van der Waals surface area contributed by atoms with Gasteiger partial charge in [-0.25, -0.2) is 4.98 Å². The Morgan fingerprint density at radius 1 is 1.28 bits per heavy atom. The molecule has 1 aromatic heterocycles. The minimum atomic E-state index is -0.271. The van der Waals surface area contributed by atoms with Crippen molar-refractivity contribution < 1.29 is 14.3 Å². The van der Waals surface area contributed by atoms with E-state index in [1.54, 1.807) is 41.9 Å². The molecule has 1 heterocycles. The number of hydrogen-bond donors (Lipinski definition) is 3. The Bertz CT molecular complexity index is 1010. The van der Waals surface area contributed by atoms with E-state index >= 15 is 0 Å². The molecule has 8 nitrogen and oxygen atoms in total. The maximum Gasteiger partial charge on any atom is 0.262 e. The van der Waals surface area contributed by atoms with E-state index < -0.39 is 0 Å². The van der Waals surface area contributed by atoms with E-state index in [2.05, 4.69) is 36.8 Å². The van der Waals surface area contributed by atoms with Gasteiger partial charge in [0.2, 0.25) is 5.13 Å². The Kier molecular flexibility index (Phi) is 7.04. The number of hydrogen-bond acceptors (Lipinski definition) is 8. The van der Waals surface area contributed by atoms with E-state index in [0.717, 1.165) is 10.0 Å². The summed E-state index contributed by atoms with van der Waals surface area (Å²) in [6.07, 6.45) is 1.62. The van der Waals surface area contributed by atoms with Gasteiger partial charge in [-0.15, -0.1) is 11.3 Å². The molecular weight excluding hydrogens is 458 g/mol. The van der Waals surface area contributed by atoms with Gasteiger partial charge < -0.3 is 20.5 Å². The smallest absolute Gasteiger partial charge is 0.262 e. The number of halogens is 1. The van der Waals surface area contributed by atoms with Crippen molar-refractivity contribution in [2.75, 3.05) is 30.2 Å². The van der Waals surface area contributed by atoms with E-state index in [-0.39, 0.29) is 12.5 Å². The van der Waals surface area contributed by atoms with Crippen molar-refractivity contribution in [2.24, 2.45) is 5.10 Å². The highest BCUT2D eigenvalue weighted by molar-refractivity contribution is 9.10. The van der Waals surface area contributed by atoms with Crippen molar-refractivity contribution in [1.82, 2.24) is 4.98 Å². The van der Waals surface area contributed by atoms with Crippen LogP contribution < -0.4 is 25.9 Å². The summed E-state index contributed by atoms with van der Waals surface area (Å²) in [6.45, 7) is -0.146. The van der Waals surface area contributed by atoms with E-state index in [1.165, 1.54) is 18.4 Å². The molecule has 0 saturated heterocycles. The van der Waals surface area contributed by atoms with Crippen LogP contribution in [-0.2, 0) is 4.79 Å². The van der Waals surface area contributed by atoms with Crippen LogP contribution in [0.15, 0.2) is 57.4 Å². The quantitative estimate of drug-likeness (QED) is 0.335. The number of ether oxygens (including phenoxy) is 2. The van der Waals surface area contributed by atoms with Crippen LogP contribution >= 0.6 is 27.3 Å². The first-order valence-corrected chi connectivity index (χ1v) is 10.1. The number of nitrogen functional groups attached to an aromatic ring is 1. The second kappa shape index (κ2) is 9.89. The lowest BCUT2D eigenvalue weighted by molar-refractivity contribution is -0.118. The molecule has 150 valence electrons. The molecule has 2 aromatic carbocycles. The van der Waals surface area contributed by atoms with Crippen molar-refractivity contribution in [2.45, 2.75) is 0 Å². The Hall–Kier alpha value is -3.11. The van der Waals surface area contributed by atoms with Crippen molar-refractivity contribution in [3.63, 3.8) is 0 Å². The van der Waals surface area contributed by atoms with Crippen LogP contribution in [0.1, 0.15) is 5.56 Å². The topological polar surface area (TPSA) is 111 Å². The second-order valence-corrected chi connectivity index (χ2v) is 7.48. The van der Waals surface area contributed by atoms with Gasteiger partial charge in [-0.3, -0.25) is 10.2 Å². The Morgan fingerprint density at radius 2 is 2.07 bits per heavy atom. The monoisotopic (exact) mass is 475 g/mol. The first-order valence-electron chi connectivity index (χ1n) is 8.40.